The Bertz CT molecular complexity index is 783. The van der Waals surface area contributed by atoms with E-state index in [4.69, 9.17) is 0 Å². The fourth-order valence-electron chi connectivity index (χ4n) is 4.38. The number of carbonyl (C=O) groups excluding carboxylic acids is 1. The number of hydrogen-bond acceptors (Lipinski definition) is 3. The van der Waals surface area contributed by atoms with Gasteiger partial charge in [-0.15, -0.1) is 0 Å². The maximum atomic E-state index is 12.3. The van der Waals surface area contributed by atoms with Crippen LogP contribution in [-0.4, -0.2) is 16.9 Å². The highest BCUT2D eigenvalue weighted by molar-refractivity contribution is 5.74. The van der Waals surface area contributed by atoms with Gasteiger partial charge in [-0.25, -0.2) is 0 Å². The van der Waals surface area contributed by atoms with Gasteiger partial charge in [-0.3, -0.25) is 14.9 Å². The molecule has 0 fully saturated rings. The summed E-state index contributed by atoms with van der Waals surface area (Å²) in [5.41, 5.74) is 2.01. The predicted molar refractivity (Wildman–Crippen MR) is 84.7 cm³/mol. The van der Waals surface area contributed by atoms with Crippen molar-refractivity contribution >= 4 is 5.91 Å². The van der Waals surface area contributed by atoms with E-state index in [1.165, 1.54) is 6.92 Å². The fourth-order valence-corrected chi connectivity index (χ4v) is 4.38. The Balaban J connectivity index is 2.07. The molecular weight excluding hydrogens is 292 g/mol. The van der Waals surface area contributed by atoms with E-state index in [-0.39, 0.29) is 16.7 Å². The summed E-state index contributed by atoms with van der Waals surface area (Å²) >= 11 is 0. The number of amides is 1. The van der Waals surface area contributed by atoms with Crippen molar-refractivity contribution in [3.05, 3.63) is 80.9 Å². The summed E-state index contributed by atoms with van der Waals surface area (Å²) in [6, 6.07) is 14.6. The molecule has 1 amide bonds. The summed E-state index contributed by atoms with van der Waals surface area (Å²) in [7, 11) is 0. The molecule has 116 valence electrons. The van der Waals surface area contributed by atoms with Crippen molar-refractivity contribution < 1.29 is 9.72 Å². The van der Waals surface area contributed by atoms with Crippen molar-refractivity contribution in [2.75, 3.05) is 0 Å². The topological polar surface area (TPSA) is 72.2 Å². The van der Waals surface area contributed by atoms with Crippen LogP contribution in [0.4, 0.5) is 0 Å². The van der Waals surface area contributed by atoms with Gasteiger partial charge < -0.3 is 5.32 Å². The molecule has 3 aliphatic rings. The van der Waals surface area contributed by atoms with E-state index in [1.807, 2.05) is 48.5 Å². The molecule has 0 saturated heterocycles. The largest absolute Gasteiger partial charge is 0.346 e. The summed E-state index contributed by atoms with van der Waals surface area (Å²) in [6.07, 6.45) is 0.550. The van der Waals surface area contributed by atoms with Crippen LogP contribution in [0.25, 0.3) is 0 Å². The van der Waals surface area contributed by atoms with Crippen LogP contribution in [0.5, 0.6) is 0 Å². The van der Waals surface area contributed by atoms with E-state index in [0.29, 0.717) is 17.5 Å². The van der Waals surface area contributed by atoms with Gasteiger partial charge >= 0.3 is 0 Å². The van der Waals surface area contributed by atoms with Crippen LogP contribution in [0.1, 0.15) is 41.5 Å². The molecule has 23 heavy (non-hydrogen) atoms. The average molecular weight is 308 g/mol. The van der Waals surface area contributed by atoms with Crippen molar-refractivity contribution in [3.63, 3.8) is 0 Å². The summed E-state index contributed by atoms with van der Waals surface area (Å²) < 4.78 is 0. The summed E-state index contributed by atoms with van der Waals surface area (Å²) in [6.45, 7) is 1.41. The Morgan fingerprint density at radius 1 is 1.13 bits per heavy atom. The number of benzene rings is 2. The van der Waals surface area contributed by atoms with Crippen LogP contribution in [0.3, 0.4) is 0 Å². The van der Waals surface area contributed by atoms with Gasteiger partial charge in [0.25, 0.3) is 5.54 Å². The Kier molecular flexibility index (Phi) is 2.82. The first kappa shape index (κ1) is 13.9. The Hall–Kier alpha value is -2.69. The molecule has 5 nitrogen and oxygen atoms in total. The number of nitrogens with zero attached hydrogens (tertiary/aromatic N) is 1. The van der Waals surface area contributed by atoms with E-state index < -0.39 is 11.6 Å². The Labute approximate surface area is 133 Å². The smallest absolute Gasteiger partial charge is 0.292 e. The van der Waals surface area contributed by atoms with E-state index in [0.717, 1.165) is 11.1 Å². The predicted octanol–water partition coefficient (Wildman–Crippen LogP) is 2.56. The van der Waals surface area contributed by atoms with Crippen LogP contribution in [0, 0.1) is 10.1 Å². The Morgan fingerprint density at radius 2 is 1.65 bits per heavy atom. The van der Waals surface area contributed by atoms with Gasteiger partial charge in [0.15, 0.2) is 0 Å². The quantitative estimate of drug-likeness (QED) is 0.684. The zero-order valence-corrected chi connectivity index (χ0v) is 12.7. The van der Waals surface area contributed by atoms with E-state index in [1.54, 1.807) is 0 Å². The maximum absolute atomic E-state index is 12.3. The first-order chi connectivity index (χ1) is 11.1. The summed E-state index contributed by atoms with van der Waals surface area (Å²) in [5, 5.41) is 15.1. The molecule has 5 rings (SSSR count). The first-order valence-corrected chi connectivity index (χ1v) is 7.67. The highest BCUT2D eigenvalue weighted by Crippen LogP contribution is 2.56. The molecule has 0 unspecified atom stereocenters. The normalized spacial score (nSPS) is 27.0. The van der Waals surface area contributed by atoms with Crippen molar-refractivity contribution in [3.8, 4) is 0 Å². The van der Waals surface area contributed by atoms with Crippen LogP contribution in [-0.2, 0) is 10.3 Å². The monoisotopic (exact) mass is 308 g/mol. The van der Waals surface area contributed by atoms with Crippen molar-refractivity contribution in [1.29, 1.82) is 0 Å². The number of rotatable bonds is 2. The lowest BCUT2D eigenvalue weighted by atomic mass is 9.57. The fraction of sp³-hybridized carbons (Fsp3) is 0.278. The van der Waals surface area contributed by atoms with Gasteiger partial charge in [0.05, 0.1) is 0 Å². The molecule has 0 aliphatic heterocycles. The second-order valence-corrected chi connectivity index (χ2v) is 6.24. The van der Waals surface area contributed by atoms with E-state index >= 15 is 0 Å². The number of fused-ring (bicyclic) bond motifs is 1. The number of nitro groups is 1. The molecule has 3 aliphatic carbocycles. The molecule has 2 bridgehead atoms. The molecule has 0 radical (unpaired) electrons. The van der Waals surface area contributed by atoms with Crippen LogP contribution in [0.15, 0.2) is 48.5 Å². The molecule has 1 N–H and O–H groups in total. The zero-order valence-electron chi connectivity index (χ0n) is 12.7. The number of hydrogen-bond donors (Lipinski definition) is 1. The summed E-state index contributed by atoms with van der Waals surface area (Å²) in [4.78, 5) is 23.7. The molecule has 0 aromatic heterocycles. The van der Waals surface area contributed by atoms with Gasteiger partial charge in [0.2, 0.25) is 5.91 Å². The van der Waals surface area contributed by atoms with Gasteiger partial charge in [0, 0.05) is 28.9 Å². The SMILES string of the molecule is CC(=O)N[C@@H]1CC2c3ccccc3C1([N+](=O)[O-])c1ccccc12. The van der Waals surface area contributed by atoms with Gasteiger partial charge in [0.1, 0.15) is 6.04 Å². The van der Waals surface area contributed by atoms with Crippen LogP contribution >= 0.6 is 0 Å². The third-order valence-electron chi connectivity index (χ3n) is 5.13. The molecule has 2 aromatic carbocycles. The molecule has 5 heteroatoms. The van der Waals surface area contributed by atoms with Crippen molar-refractivity contribution in [2.45, 2.75) is 30.8 Å². The Morgan fingerprint density at radius 3 is 2.13 bits per heavy atom. The second kappa shape index (κ2) is 4.65. The lowest BCUT2D eigenvalue weighted by molar-refractivity contribution is -0.574. The molecule has 2 aromatic rings. The van der Waals surface area contributed by atoms with Crippen LogP contribution < -0.4 is 5.32 Å². The van der Waals surface area contributed by atoms with Gasteiger partial charge in [-0.2, -0.15) is 0 Å². The standard InChI is InChI=1S/C18H16N2O3/c1-11(21)19-17-10-14-12-6-2-4-8-15(12)18(17,20(22)23)16-9-5-3-7-13(14)16/h2-9,14,17H,10H2,1H3,(H,19,21)/t14?,17-,18?/m1/s1. The summed E-state index contributed by atoms with van der Waals surface area (Å²) in [5.74, 6) is -0.153. The minimum Gasteiger partial charge on any atom is -0.346 e. The molecular formula is C18H16N2O3. The molecule has 0 heterocycles. The van der Waals surface area contributed by atoms with E-state index in [2.05, 4.69) is 5.32 Å². The third-order valence-corrected chi connectivity index (χ3v) is 5.13. The number of carbonyl (C=O) groups is 1. The maximum Gasteiger partial charge on any atom is 0.292 e. The zero-order chi connectivity index (χ0) is 16.2. The number of nitrogens with one attached hydrogen (secondary N) is 1. The highest BCUT2D eigenvalue weighted by atomic mass is 16.6. The lowest BCUT2D eigenvalue weighted by Gasteiger charge is -2.47. The minimum absolute atomic E-state index is 0.0843. The highest BCUT2D eigenvalue weighted by Gasteiger charge is 2.63. The molecule has 1 atom stereocenters. The van der Waals surface area contributed by atoms with Gasteiger partial charge in [-0.1, -0.05) is 48.5 Å². The third kappa shape index (κ3) is 1.64. The van der Waals surface area contributed by atoms with E-state index in [9.17, 15) is 14.9 Å². The second-order valence-electron chi connectivity index (χ2n) is 6.24. The first-order valence-electron chi connectivity index (χ1n) is 7.67. The van der Waals surface area contributed by atoms with Crippen molar-refractivity contribution in [1.82, 2.24) is 5.32 Å². The van der Waals surface area contributed by atoms with Crippen LogP contribution in [0.2, 0.25) is 0 Å². The minimum atomic E-state index is -1.41. The van der Waals surface area contributed by atoms with Gasteiger partial charge in [-0.05, 0) is 17.5 Å². The molecule has 0 saturated carbocycles. The molecule has 0 spiro atoms. The lowest BCUT2D eigenvalue weighted by Crippen LogP contribution is -2.61. The average Bonchev–Trinajstić information content (AvgIpc) is 2.54. The van der Waals surface area contributed by atoms with Crippen molar-refractivity contribution in [2.24, 2.45) is 0 Å².